The van der Waals surface area contributed by atoms with Gasteiger partial charge < -0.3 is 20.8 Å². The minimum absolute atomic E-state index is 0.175. The van der Waals surface area contributed by atoms with Gasteiger partial charge >= 0.3 is 0 Å². The van der Waals surface area contributed by atoms with Gasteiger partial charge in [0.25, 0.3) is 0 Å². The predicted molar refractivity (Wildman–Crippen MR) is 158 cm³/mol. The molecule has 2 atom stereocenters. The average Bonchev–Trinajstić information content (AvgIpc) is 3.58. The molecular weight excluding hydrogens is 516 g/mol. The number of hydrogen-bond donors (Lipinski definition) is 2. The molecule has 3 aromatic carbocycles. The monoisotopic (exact) mass is 548 g/mol. The third kappa shape index (κ3) is 6.11. The third-order valence-electron chi connectivity index (χ3n) is 7.38. The number of allylic oxidation sites excluding steroid dienone is 3. The molecule has 3 N–H and O–H groups in total. The Labute approximate surface area is 239 Å². The minimum Gasteiger partial charge on any atom is -0.387 e. The van der Waals surface area contributed by atoms with E-state index in [1.54, 1.807) is 23.1 Å². The quantitative estimate of drug-likeness (QED) is 0.318. The Morgan fingerprint density at radius 1 is 1.00 bits per heavy atom. The highest BCUT2D eigenvalue weighted by Gasteiger charge is 2.54. The Hall–Kier alpha value is -4.98. The standard InChI is InChI=1S/C33H32N4O4/c1-2-3-6-18-29(38)35-26-17-11-16-25(19-26)27-20-33(41-36-27)21-28(31(34)39)37(22-33)32(40)30(23-12-7-4-8-13-23)24-14-9-5-10-15-24/h2-19,28,30H,20-22H2,1H3,(H2,34,39)(H,35,38)/b3-2-,18-6+/t28-,33?/m0/s1. The molecule has 0 bridgehead atoms. The molecule has 1 fully saturated rings. The van der Waals surface area contributed by atoms with Gasteiger partial charge in [-0.2, -0.15) is 0 Å². The van der Waals surface area contributed by atoms with Crippen LogP contribution in [0.2, 0.25) is 0 Å². The molecule has 1 saturated heterocycles. The zero-order valence-corrected chi connectivity index (χ0v) is 22.8. The fourth-order valence-electron chi connectivity index (χ4n) is 5.45. The molecule has 208 valence electrons. The van der Waals surface area contributed by atoms with Gasteiger partial charge in [0.2, 0.25) is 17.7 Å². The van der Waals surface area contributed by atoms with Gasteiger partial charge in [-0.25, -0.2) is 0 Å². The Bertz CT molecular complexity index is 1480. The van der Waals surface area contributed by atoms with E-state index in [0.29, 0.717) is 17.8 Å². The molecule has 0 aliphatic carbocycles. The SMILES string of the molecule is C/C=C\C=C\C(=O)Nc1cccc(C2=NOC3(C2)C[C@@H](C(N)=O)N(C(=O)C(c2ccccc2)c2ccccc2)C3)c1. The van der Waals surface area contributed by atoms with Crippen molar-refractivity contribution in [1.82, 2.24) is 4.90 Å². The zero-order chi connectivity index (χ0) is 28.8. The summed E-state index contributed by atoms with van der Waals surface area (Å²) in [7, 11) is 0. The molecule has 2 heterocycles. The minimum atomic E-state index is -0.878. The number of hydrogen-bond acceptors (Lipinski definition) is 5. The molecule has 2 aliphatic rings. The van der Waals surface area contributed by atoms with E-state index in [-0.39, 0.29) is 24.8 Å². The van der Waals surface area contributed by atoms with Gasteiger partial charge in [-0.15, -0.1) is 0 Å². The van der Waals surface area contributed by atoms with Crippen LogP contribution in [0.4, 0.5) is 5.69 Å². The summed E-state index contributed by atoms with van der Waals surface area (Å²) in [5.74, 6) is -1.64. The third-order valence-corrected chi connectivity index (χ3v) is 7.38. The van der Waals surface area contributed by atoms with Gasteiger partial charge in [-0.1, -0.05) is 96.2 Å². The Kier molecular flexibility index (Phi) is 8.10. The van der Waals surface area contributed by atoms with Crippen LogP contribution >= 0.6 is 0 Å². The van der Waals surface area contributed by atoms with Crippen LogP contribution in [0.5, 0.6) is 0 Å². The van der Waals surface area contributed by atoms with E-state index in [0.717, 1.165) is 16.7 Å². The van der Waals surface area contributed by atoms with E-state index < -0.39 is 23.5 Å². The highest BCUT2D eigenvalue weighted by molar-refractivity contribution is 6.04. The number of amides is 3. The molecule has 0 saturated carbocycles. The maximum Gasteiger partial charge on any atom is 0.248 e. The van der Waals surface area contributed by atoms with Crippen LogP contribution in [0.3, 0.4) is 0 Å². The number of primary amides is 1. The molecule has 0 aromatic heterocycles. The van der Waals surface area contributed by atoms with Crippen molar-refractivity contribution >= 4 is 29.1 Å². The lowest BCUT2D eigenvalue weighted by Gasteiger charge is -2.28. The number of carbonyl (C=O) groups excluding carboxylic acids is 3. The van der Waals surface area contributed by atoms with E-state index in [1.807, 2.05) is 91.9 Å². The van der Waals surface area contributed by atoms with Crippen LogP contribution in [-0.4, -0.2) is 46.5 Å². The molecule has 5 rings (SSSR count). The van der Waals surface area contributed by atoms with Crippen LogP contribution in [0.1, 0.15) is 42.4 Å². The second-order valence-electron chi connectivity index (χ2n) is 10.3. The van der Waals surface area contributed by atoms with E-state index >= 15 is 0 Å². The summed E-state index contributed by atoms with van der Waals surface area (Å²) >= 11 is 0. The summed E-state index contributed by atoms with van der Waals surface area (Å²) in [5.41, 5.74) is 8.69. The lowest BCUT2D eigenvalue weighted by atomic mass is 9.89. The number of likely N-dealkylation sites (tertiary alicyclic amines) is 1. The number of rotatable bonds is 8. The highest BCUT2D eigenvalue weighted by Crippen LogP contribution is 2.41. The highest BCUT2D eigenvalue weighted by atomic mass is 16.7. The van der Waals surface area contributed by atoms with Crippen molar-refractivity contribution in [1.29, 1.82) is 0 Å². The average molecular weight is 549 g/mol. The van der Waals surface area contributed by atoms with Crippen LogP contribution in [-0.2, 0) is 19.2 Å². The van der Waals surface area contributed by atoms with Crippen LogP contribution in [0.25, 0.3) is 0 Å². The molecule has 41 heavy (non-hydrogen) atoms. The molecule has 3 amide bonds. The normalized spacial score (nSPS) is 20.1. The summed E-state index contributed by atoms with van der Waals surface area (Å²) < 4.78 is 0. The van der Waals surface area contributed by atoms with Gasteiger partial charge in [-0.05, 0) is 30.2 Å². The summed E-state index contributed by atoms with van der Waals surface area (Å²) in [6.45, 7) is 2.05. The molecule has 1 spiro atoms. The molecule has 3 aromatic rings. The van der Waals surface area contributed by atoms with E-state index in [2.05, 4.69) is 10.5 Å². The Morgan fingerprint density at radius 3 is 2.32 bits per heavy atom. The van der Waals surface area contributed by atoms with Crippen molar-refractivity contribution in [3.8, 4) is 0 Å². The summed E-state index contributed by atoms with van der Waals surface area (Å²) in [4.78, 5) is 46.6. The smallest absolute Gasteiger partial charge is 0.248 e. The fraction of sp³-hybridized carbons (Fsp3) is 0.212. The van der Waals surface area contributed by atoms with Crippen molar-refractivity contribution < 1.29 is 19.2 Å². The van der Waals surface area contributed by atoms with Crippen LogP contribution in [0, 0.1) is 0 Å². The van der Waals surface area contributed by atoms with Crippen molar-refractivity contribution in [3.63, 3.8) is 0 Å². The first-order valence-electron chi connectivity index (χ1n) is 13.5. The summed E-state index contributed by atoms with van der Waals surface area (Å²) in [5, 5.41) is 7.21. The van der Waals surface area contributed by atoms with Gasteiger partial charge in [0.05, 0.1) is 18.2 Å². The van der Waals surface area contributed by atoms with Gasteiger partial charge in [-0.3, -0.25) is 14.4 Å². The lowest BCUT2D eigenvalue weighted by molar-refractivity contribution is -0.138. The Balaban J connectivity index is 1.36. The topological polar surface area (TPSA) is 114 Å². The zero-order valence-electron chi connectivity index (χ0n) is 22.8. The maximum atomic E-state index is 14.2. The van der Waals surface area contributed by atoms with E-state index in [9.17, 15) is 14.4 Å². The van der Waals surface area contributed by atoms with Crippen molar-refractivity contribution in [2.24, 2.45) is 10.9 Å². The lowest BCUT2D eigenvalue weighted by Crippen LogP contribution is -2.46. The van der Waals surface area contributed by atoms with Crippen LogP contribution in [0.15, 0.2) is 114 Å². The van der Waals surface area contributed by atoms with Crippen molar-refractivity contribution in [2.45, 2.75) is 37.3 Å². The fourth-order valence-corrected chi connectivity index (χ4v) is 5.45. The summed E-state index contributed by atoms with van der Waals surface area (Å²) in [6, 6.07) is 25.5. The first kappa shape index (κ1) is 27.6. The van der Waals surface area contributed by atoms with Gasteiger partial charge in [0.15, 0.2) is 5.60 Å². The van der Waals surface area contributed by atoms with E-state index in [1.165, 1.54) is 6.08 Å². The largest absolute Gasteiger partial charge is 0.387 e. The van der Waals surface area contributed by atoms with Gasteiger partial charge in [0.1, 0.15) is 6.04 Å². The van der Waals surface area contributed by atoms with E-state index in [4.69, 9.17) is 10.6 Å². The van der Waals surface area contributed by atoms with Crippen molar-refractivity contribution in [2.75, 3.05) is 11.9 Å². The first-order chi connectivity index (χ1) is 19.9. The number of nitrogens with zero attached hydrogens (tertiary/aromatic N) is 2. The first-order valence-corrected chi connectivity index (χ1v) is 13.5. The molecule has 1 unspecified atom stereocenters. The number of nitrogens with two attached hydrogens (primary N) is 1. The molecular formula is C33H32N4O4. The Morgan fingerprint density at radius 2 is 1.68 bits per heavy atom. The van der Waals surface area contributed by atoms with Crippen molar-refractivity contribution in [3.05, 3.63) is 126 Å². The number of oxime groups is 1. The molecule has 8 heteroatoms. The second kappa shape index (κ2) is 12.0. The second-order valence-corrected chi connectivity index (χ2v) is 10.3. The molecule has 2 aliphatic heterocycles. The number of carbonyl (C=O) groups is 3. The van der Waals surface area contributed by atoms with Gasteiger partial charge in [0, 0.05) is 30.2 Å². The number of nitrogens with one attached hydrogen (secondary N) is 1. The number of benzene rings is 3. The molecule has 8 nitrogen and oxygen atoms in total. The predicted octanol–water partition coefficient (Wildman–Crippen LogP) is 4.54. The number of anilines is 1. The maximum absolute atomic E-state index is 14.2. The van der Waals surface area contributed by atoms with Crippen LogP contribution < -0.4 is 11.1 Å². The molecule has 0 radical (unpaired) electrons. The summed E-state index contributed by atoms with van der Waals surface area (Å²) in [6.07, 6.45) is 7.35.